The van der Waals surface area contributed by atoms with Gasteiger partial charge in [0.1, 0.15) is 0 Å². The molecule has 0 amide bonds. The van der Waals surface area contributed by atoms with Gasteiger partial charge in [-0.25, -0.2) is 0 Å². The third kappa shape index (κ3) is 3.80. The minimum absolute atomic E-state index is 0.479. The maximum atomic E-state index is 6.09. The van der Waals surface area contributed by atoms with Crippen LogP contribution < -0.4 is 5.73 Å². The van der Waals surface area contributed by atoms with E-state index in [4.69, 9.17) is 5.73 Å². The summed E-state index contributed by atoms with van der Waals surface area (Å²) >= 11 is 0. The fourth-order valence-corrected chi connectivity index (χ4v) is 3.27. The molecule has 3 unspecified atom stereocenters. The van der Waals surface area contributed by atoms with E-state index in [0.717, 1.165) is 12.5 Å². The Kier molecular flexibility index (Phi) is 5.41. The molecule has 3 atom stereocenters. The highest BCUT2D eigenvalue weighted by molar-refractivity contribution is 5.20. The molecule has 106 valence electrons. The van der Waals surface area contributed by atoms with Crippen LogP contribution in [-0.4, -0.2) is 30.6 Å². The Bertz CT molecular complexity index is 363. The van der Waals surface area contributed by atoms with Crippen molar-refractivity contribution in [2.45, 2.75) is 45.1 Å². The summed E-state index contributed by atoms with van der Waals surface area (Å²) in [5.41, 5.74) is 7.50. The fraction of sp³-hybridized carbons (Fsp3) is 0.647. The van der Waals surface area contributed by atoms with Crippen molar-refractivity contribution in [3.05, 3.63) is 35.9 Å². The van der Waals surface area contributed by atoms with E-state index in [1.807, 2.05) is 0 Å². The Morgan fingerprint density at radius 3 is 2.63 bits per heavy atom. The number of nitrogens with two attached hydrogens (primary N) is 1. The van der Waals surface area contributed by atoms with Crippen LogP contribution in [0.5, 0.6) is 0 Å². The van der Waals surface area contributed by atoms with Crippen LogP contribution in [0.2, 0.25) is 0 Å². The van der Waals surface area contributed by atoms with Gasteiger partial charge in [-0.05, 0) is 49.8 Å². The van der Waals surface area contributed by atoms with Crippen molar-refractivity contribution < 1.29 is 0 Å². The van der Waals surface area contributed by atoms with E-state index < -0.39 is 0 Å². The van der Waals surface area contributed by atoms with Gasteiger partial charge in [-0.15, -0.1) is 0 Å². The number of likely N-dealkylation sites (tertiary alicyclic amines) is 1. The van der Waals surface area contributed by atoms with Crippen LogP contribution in [0.15, 0.2) is 30.3 Å². The van der Waals surface area contributed by atoms with Gasteiger partial charge < -0.3 is 5.73 Å². The van der Waals surface area contributed by atoms with E-state index in [2.05, 4.69) is 49.1 Å². The fourth-order valence-electron chi connectivity index (χ4n) is 3.27. The van der Waals surface area contributed by atoms with Crippen molar-refractivity contribution in [2.75, 3.05) is 19.6 Å². The second-order valence-corrected chi connectivity index (χ2v) is 6.07. The van der Waals surface area contributed by atoms with Gasteiger partial charge in [0.05, 0.1) is 0 Å². The lowest BCUT2D eigenvalue weighted by Crippen LogP contribution is -2.44. The van der Waals surface area contributed by atoms with Gasteiger partial charge in [-0.1, -0.05) is 44.2 Å². The molecule has 0 aliphatic carbocycles. The first-order chi connectivity index (χ1) is 9.22. The number of benzene rings is 1. The van der Waals surface area contributed by atoms with Crippen molar-refractivity contribution in [3.8, 4) is 0 Å². The standard InChI is InChI=1S/C17H28N2/c1-14-7-6-11-19(12-10-14)17(13-18)15(2)16-8-4-3-5-9-16/h3-5,8-9,14-15,17H,6-7,10-13,18H2,1-2H3. The summed E-state index contributed by atoms with van der Waals surface area (Å²) in [6, 6.07) is 11.3. The Hall–Kier alpha value is -0.860. The molecule has 2 heteroatoms. The van der Waals surface area contributed by atoms with Crippen molar-refractivity contribution in [2.24, 2.45) is 11.7 Å². The van der Waals surface area contributed by atoms with Crippen LogP contribution in [0.25, 0.3) is 0 Å². The summed E-state index contributed by atoms with van der Waals surface area (Å²) in [7, 11) is 0. The first-order valence-corrected chi connectivity index (χ1v) is 7.71. The predicted molar refractivity (Wildman–Crippen MR) is 82.3 cm³/mol. The topological polar surface area (TPSA) is 29.3 Å². The van der Waals surface area contributed by atoms with E-state index in [1.165, 1.54) is 37.9 Å². The molecule has 0 bridgehead atoms. The van der Waals surface area contributed by atoms with Crippen LogP contribution in [0.1, 0.15) is 44.6 Å². The number of rotatable bonds is 4. The summed E-state index contributed by atoms with van der Waals surface area (Å²) < 4.78 is 0. The summed E-state index contributed by atoms with van der Waals surface area (Å²) in [6.07, 6.45) is 4.00. The second kappa shape index (κ2) is 7.06. The minimum Gasteiger partial charge on any atom is -0.329 e. The van der Waals surface area contributed by atoms with Gasteiger partial charge in [0.25, 0.3) is 0 Å². The first kappa shape index (κ1) is 14.5. The Labute approximate surface area is 118 Å². The molecule has 1 aromatic carbocycles. The average Bonchev–Trinajstić information content (AvgIpc) is 2.66. The molecular formula is C17H28N2. The van der Waals surface area contributed by atoms with Crippen molar-refractivity contribution in [1.82, 2.24) is 4.90 Å². The van der Waals surface area contributed by atoms with Gasteiger partial charge in [0.15, 0.2) is 0 Å². The third-order valence-electron chi connectivity index (χ3n) is 4.66. The van der Waals surface area contributed by atoms with Crippen molar-refractivity contribution in [3.63, 3.8) is 0 Å². The summed E-state index contributed by atoms with van der Waals surface area (Å²) in [6.45, 7) is 7.87. The molecule has 1 aliphatic rings. The Balaban J connectivity index is 2.06. The molecule has 2 nitrogen and oxygen atoms in total. The minimum atomic E-state index is 0.479. The van der Waals surface area contributed by atoms with E-state index in [-0.39, 0.29) is 0 Å². The van der Waals surface area contributed by atoms with E-state index in [1.54, 1.807) is 0 Å². The number of hydrogen-bond donors (Lipinski definition) is 1. The molecule has 0 spiro atoms. The van der Waals surface area contributed by atoms with Crippen LogP contribution >= 0.6 is 0 Å². The van der Waals surface area contributed by atoms with E-state index in [0.29, 0.717) is 12.0 Å². The maximum Gasteiger partial charge on any atom is 0.0284 e. The number of hydrogen-bond acceptors (Lipinski definition) is 2. The first-order valence-electron chi connectivity index (χ1n) is 7.71. The molecule has 1 fully saturated rings. The molecule has 0 aromatic heterocycles. The molecule has 2 N–H and O–H groups in total. The normalized spacial score (nSPS) is 24.7. The van der Waals surface area contributed by atoms with Crippen molar-refractivity contribution in [1.29, 1.82) is 0 Å². The molecule has 1 heterocycles. The molecule has 1 saturated heterocycles. The van der Waals surface area contributed by atoms with Gasteiger partial charge in [0, 0.05) is 12.6 Å². The largest absolute Gasteiger partial charge is 0.329 e. The zero-order valence-corrected chi connectivity index (χ0v) is 12.4. The third-order valence-corrected chi connectivity index (χ3v) is 4.66. The highest BCUT2D eigenvalue weighted by atomic mass is 15.2. The van der Waals surface area contributed by atoms with Gasteiger partial charge in [-0.3, -0.25) is 4.90 Å². The zero-order chi connectivity index (χ0) is 13.7. The van der Waals surface area contributed by atoms with E-state index in [9.17, 15) is 0 Å². The molecule has 1 aliphatic heterocycles. The average molecular weight is 260 g/mol. The summed E-state index contributed by atoms with van der Waals surface area (Å²) in [4.78, 5) is 2.63. The van der Waals surface area contributed by atoms with Crippen LogP contribution in [0.3, 0.4) is 0 Å². The highest BCUT2D eigenvalue weighted by Crippen LogP contribution is 2.26. The van der Waals surface area contributed by atoms with Crippen LogP contribution in [0, 0.1) is 5.92 Å². The Morgan fingerprint density at radius 1 is 1.21 bits per heavy atom. The maximum absolute atomic E-state index is 6.09. The van der Waals surface area contributed by atoms with Crippen molar-refractivity contribution >= 4 is 0 Å². The molecule has 0 saturated carbocycles. The molecule has 2 rings (SSSR count). The van der Waals surface area contributed by atoms with Gasteiger partial charge in [0.2, 0.25) is 0 Å². The lowest BCUT2D eigenvalue weighted by Gasteiger charge is -2.34. The number of nitrogens with zero attached hydrogens (tertiary/aromatic N) is 1. The summed E-state index contributed by atoms with van der Waals surface area (Å²) in [5.74, 6) is 1.38. The molecule has 19 heavy (non-hydrogen) atoms. The molecular weight excluding hydrogens is 232 g/mol. The quantitative estimate of drug-likeness (QED) is 0.900. The molecule has 0 radical (unpaired) electrons. The highest BCUT2D eigenvalue weighted by Gasteiger charge is 2.25. The molecule has 1 aromatic rings. The SMILES string of the molecule is CC1CCCN(C(CN)C(C)c2ccccc2)CC1. The predicted octanol–water partition coefficient (Wildman–Crippen LogP) is 3.24. The van der Waals surface area contributed by atoms with Crippen LogP contribution in [-0.2, 0) is 0 Å². The second-order valence-electron chi connectivity index (χ2n) is 6.07. The summed E-state index contributed by atoms with van der Waals surface area (Å²) in [5, 5.41) is 0. The van der Waals surface area contributed by atoms with Crippen LogP contribution in [0.4, 0.5) is 0 Å². The zero-order valence-electron chi connectivity index (χ0n) is 12.4. The smallest absolute Gasteiger partial charge is 0.0284 e. The van der Waals surface area contributed by atoms with Gasteiger partial charge in [-0.2, -0.15) is 0 Å². The Morgan fingerprint density at radius 2 is 1.95 bits per heavy atom. The lowest BCUT2D eigenvalue weighted by molar-refractivity contribution is 0.184. The van der Waals surface area contributed by atoms with E-state index >= 15 is 0 Å². The monoisotopic (exact) mass is 260 g/mol. The van der Waals surface area contributed by atoms with Gasteiger partial charge >= 0.3 is 0 Å². The lowest BCUT2D eigenvalue weighted by atomic mass is 9.92.